The molecule has 0 rings (SSSR count). The van der Waals surface area contributed by atoms with E-state index in [4.69, 9.17) is 26.4 Å². The van der Waals surface area contributed by atoms with E-state index >= 15 is 0 Å². The van der Waals surface area contributed by atoms with Gasteiger partial charge in [0.25, 0.3) is 0 Å². The molecule has 0 aromatic carbocycles. The number of rotatable bonds is 11. The topological polar surface area (TPSA) is 179 Å². The van der Waals surface area contributed by atoms with E-state index in [1.807, 2.05) is 0 Å². The molecule has 5 atom stereocenters. The molecule has 9 heteroatoms. The quantitative estimate of drug-likeness (QED) is 0.150. The minimum atomic E-state index is -1.77. The molecule has 21 heavy (non-hydrogen) atoms. The predicted molar refractivity (Wildman–Crippen MR) is 73.0 cm³/mol. The highest BCUT2D eigenvalue weighted by atomic mass is 16.5. The molecule has 0 aliphatic rings. The lowest BCUT2D eigenvalue weighted by Gasteiger charge is -2.25. The number of hydrogen-bond donors (Lipinski definition) is 7. The van der Waals surface area contributed by atoms with Crippen LogP contribution < -0.4 is 11.5 Å². The molecule has 0 saturated carbocycles. The second kappa shape index (κ2) is 10.9. The van der Waals surface area contributed by atoms with Crippen molar-refractivity contribution in [1.29, 1.82) is 0 Å². The molecule has 0 aliphatic carbocycles. The number of unbranched alkanes of at least 4 members (excludes halogenated alkanes) is 1. The fourth-order valence-electron chi connectivity index (χ4n) is 1.56. The number of carbonyl (C=O) groups is 1. The minimum absolute atomic E-state index is 0.389. The average Bonchev–Trinajstić information content (AvgIpc) is 2.49. The Morgan fingerprint density at radius 1 is 1.05 bits per heavy atom. The number of esters is 1. The van der Waals surface area contributed by atoms with Crippen molar-refractivity contribution >= 4 is 5.97 Å². The second-order valence-corrected chi connectivity index (χ2v) is 4.82. The predicted octanol–water partition coefficient (Wildman–Crippen LogP) is -3.58. The zero-order chi connectivity index (χ0) is 16.4. The summed E-state index contributed by atoms with van der Waals surface area (Å²) in [5.74, 6) is -0.740. The van der Waals surface area contributed by atoms with Crippen LogP contribution in [0.3, 0.4) is 0 Å². The Labute approximate surface area is 123 Å². The molecule has 0 spiro atoms. The molecule has 0 unspecified atom stereocenters. The Bertz CT molecular complexity index is 293. The number of aliphatic hydroxyl groups is 5. The van der Waals surface area contributed by atoms with Gasteiger partial charge in [-0.25, -0.2) is 0 Å². The molecule has 0 aliphatic heterocycles. The Morgan fingerprint density at radius 3 is 2.14 bits per heavy atom. The molecule has 126 valence electrons. The molecule has 0 bridgehead atoms. The third-order valence-corrected chi connectivity index (χ3v) is 2.99. The first kappa shape index (κ1) is 20.2. The minimum Gasteiger partial charge on any atom is -0.462 e. The summed E-state index contributed by atoms with van der Waals surface area (Å²) < 4.78 is 4.72. The molecule has 0 fully saturated rings. The van der Waals surface area contributed by atoms with E-state index in [9.17, 15) is 20.1 Å². The Kier molecular flexibility index (Phi) is 10.4. The van der Waals surface area contributed by atoms with Crippen LogP contribution in [0.4, 0.5) is 0 Å². The zero-order valence-corrected chi connectivity index (χ0v) is 11.8. The molecular formula is C12H26N2O7. The van der Waals surface area contributed by atoms with E-state index in [2.05, 4.69) is 0 Å². The Balaban J connectivity index is 4.10. The lowest BCUT2D eigenvalue weighted by molar-refractivity contribution is -0.157. The summed E-state index contributed by atoms with van der Waals surface area (Å²) in [6.45, 7) is -0.867. The number of carbonyl (C=O) groups excluding carboxylic acids is 1. The van der Waals surface area contributed by atoms with E-state index in [-0.39, 0.29) is 0 Å². The zero-order valence-electron chi connectivity index (χ0n) is 11.8. The van der Waals surface area contributed by atoms with E-state index in [0.717, 1.165) is 6.42 Å². The third-order valence-electron chi connectivity index (χ3n) is 2.99. The van der Waals surface area contributed by atoms with Crippen molar-refractivity contribution in [2.45, 2.75) is 49.7 Å². The summed E-state index contributed by atoms with van der Waals surface area (Å²) >= 11 is 0. The molecular weight excluding hydrogens is 284 g/mol. The van der Waals surface area contributed by atoms with Gasteiger partial charge in [-0.15, -0.1) is 0 Å². The van der Waals surface area contributed by atoms with Gasteiger partial charge in [0.1, 0.15) is 37.1 Å². The van der Waals surface area contributed by atoms with Crippen LogP contribution in [0.2, 0.25) is 0 Å². The van der Waals surface area contributed by atoms with Gasteiger partial charge in [-0.1, -0.05) is 6.42 Å². The maximum Gasteiger partial charge on any atom is 0.323 e. The highest BCUT2D eigenvalue weighted by Crippen LogP contribution is 2.07. The van der Waals surface area contributed by atoms with Gasteiger partial charge < -0.3 is 41.7 Å². The van der Waals surface area contributed by atoms with Crippen LogP contribution in [0.5, 0.6) is 0 Å². The van der Waals surface area contributed by atoms with Gasteiger partial charge in [-0.3, -0.25) is 4.79 Å². The smallest absolute Gasteiger partial charge is 0.323 e. The third kappa shape index (κ3) is 7.67. The van der Waals surface area contributed by atoms with Crippen molar-refractivity contribution in [1.82, 2.24) is 0 Å². The Morgan fingerprint density at radius 2 is 1.62 bits per heavy atom. The summed E-state index contributed by atoms with van der Waals surface area (Å²) in [7, 11) is 0. The van der Waals surface area contributed by atoms with Crippen LogP contribution >= 0.6 is 0 Å². The summed E-state index contributed by atoms with van der Waals surface area (Å²) in [5, 5.41) is 46.2. The first-order valence-electron chi connectivity index (χ1n) is 6.80. The summed E-state index contributed by atoms with van der Waals surface area (Å²) in [5.41, 5.74) is 10.9. The largest absolute Gasteiger partial charge is 0.462 e. The lowest BCUT2D eigenvalue weighted by Crippen LogP contribution is -2.48. The van der Waals surface area contributed by atoms with Gasteiger partial charge >= 0.3 is 5.97 Å². The number of ether oxygens (including phenoxy) is 1. The molecule has 0 aromatic heterocycles. The number of hydrogen-bond acceptors (Lipinski definition) is 9. The lowest BCUT2D eigenvalue weighted by atomic mass is 10.0. The van der Waals surface area contributed by atoms with Crippen LogP contribution in [-0.2, 0) is 9.53 Å². The van der Waals surface area contributed by atoms with E-state index in [1.54, 1.807) is 0 Å². The molecule has 0 amide bonds. The fraction of sp³-hybridized carbons (Fsp3) is 0.917. The average molecular weight is 310 g/mol. The Hall–Kier alpha value is -0.810. The molecule has 0 aromatic rings. The van der Waals surface area contributed by atoms with Crippen molar-refractivity contribution in [3.8, 4) is 0 Å². The van der Waals surface area contributed by atoms with E-state index < -0.39 is 49.6 Å². The highest BCUT2D eigenvalue weighted by molar-refractivity contribution is 5.75. The monoisotopic (exact) mass is 310 g/mol. The standard InChI is InChI=1S/C12H26N2O7/c13-4-2-1-3-7(14)12(20)21-6-9(17)11(19)10(18)8(16)5-15/h7-11,15-19H,1-6,13-14H2/t7-,8+,9+,10+,11+/m0/s1. The molecule has 0 heterocycles. The summed E-state index contributed by atoms with van der Waals surface area (Å²) in [4.78, 5) is 11.5. The van der Waals surface area contributed by atoms with Crippen molar-refractivity contribution in [2.24, 2.45) is 11.5 Å². The van der Waals surface area contributed by atoms with Gasteiger partial charge in [-0.2, -0.15) is 0 Å². The fourth-order valence-corrected chi connectivity index (χ4v) is 1.56. The van der Waals surface area contributed by atoms with Crippen LogP contribution in [0, 0.1) is 0 Å². The van der Waals surface area contributed by atoms with Gasteiger partial charge in [0.2, 0.25) is 0 Å². The molecule has 0 radical (unpaired) electrons. The van der Waals surface area contributed by atoms with Crippen molar-refractivity contribution < 1.29 is 35.1 Å². The van der Waals surface area contributed by atoms with Gasteiger partial charge in [0.05, 0.1) is 6.61 Å². The van der Waals surface area contributed by atoms with Gasteiger partial charge in [-0.05, 0) is 19.4 Å². The first-order chi connectivity index (χ1) is 9.84. The van der Waals surface area contributed by atoms with E-state index in [1.165, 1.54) is 0 Å². The normalized spacial score (nSPS) is 18.6. The SMILES string of the molecule is NCCCC[C@H](N)C(=O)OC[C@@H](O)[C@@H](O)[C@H](O)[C@H](O)CO. The van der Waals surface area contributed by atoms with Crippen molar-refractivity contribution in [3.05, 3.63) is 0 Å². The summed E-state index contributed by atoms with van der Waals surface area (Å²) in [6, 6.07) is -0.853. The van der Waals surface area contributed by atoms with Crippen LogP contribution in [0.15, 0.2) is 0 Å². The van der Waals surface area contributed by atoms with Gasteiger partial charge in [0, 0.05) is 0 Å². The van der Waals surface area contributed by atoms with Crippen LogP contribution in [0.1, 0.15) is 19.3 Å². The second-order valence-electron chi connectivity index (χ2n) is 4.82. The molecule has 0 saturated heterocycles. The van der Waals surface area contributed by atoms with Gasteiger partial charge in [0.15, 0.2) is 0 Å². The molecule has 9 N–H and O–H groups in total. The van der Waals surface area contributed by atoms with E-state index in [0.29, 0.717) is 19.4 Å². The van der Waals surface area contributed by atoms with Crippen LogP contribution in [-0.4, -0.2) is 81.7 Å². The van der Waals surface area contributed by atoms with Crippen molar-refractivity contribution in [2.75, 3.05) is 19.8 Å². The maximum absolute atomic E-state index is 11.5. The highest BCUT2D eigenvalue weighted by Gasteiger charge is 2.31. The summed E-state index contributed by atoms with van der Waals surface area (Å²) in [6.07, 6.45) is -4.96. The van der Waals surface area contributed by atoms with Crippen molar-refractivity contribution in [3.63, 3.8) is 0 Å². The first-order valence-corrected chi connectivity index (χ1v) is 6.80. The van der Waals surface area contributed by atoms with Crippen LogP contribution in [0.25, 0.3) is 0 Å². The number of aliphatic hydroxyl groups excluding tert-OH is 5. The molecule has 9 nitrogen and oxygen atoms in total. The number of nitrogens with two attached hydrogens (primary N) is 2. The maximum atomic E-state index is 11.5.